The van der Waals surface area contributed by atoms with Gasteiger partial charge in [-0.05, 0) is 44.9 Å². The van der Waals surface area contributed by atoms with Gasteiger partial charge in [-0.25, -0.2) is 0 Å². The number of rotatable bonds is 51. The maximum absolute atomic E-state index is 12.8. The first-order valence-corrected chi connectivity index (χ1v) is 27.2. The lowest BCUT2D eigenvalue weighted by Gasteiger charge is -2.18. The van der Waals surface area contributed by atoms with Gasteiger partial charge >= 0.3 is 11.9 Å². The second-order valence-electron chi connectivity index (χ2n) is 18.5. The van der Waals surface area contributed by atoms with E-state index in [4.69, 9.17) is 14.2 Å². The van der Waals surface area contributed by atoms with Crippen molar-refractivity contribution in [2.75, 3.05) is 19.8 Å². The molecule has 1 unspecified atom stereocenters. The van der Waals surface area contributed by atoms with Crippen LogP contribution in [0, 0.1) is 0 Å². The number of hydrogen-bond donors (Lipinski definition) is 0. The molecule has 0 aromatic carbocycles. The first-order chi connectivity index (χ1) is 29.6. The Morgan fingerprint density at radius 3 is 1.02 bits per heavy atom. The summed E-state index contributed by atoms with van der Waals surface area (Å²) >= 11 is 0. The summed E-state index contributed by atoms with van der Waals surface area (Å²) in [7, 11) is 0. The minimum Gasteiger partial charge on any atom is -0.462 e. The molecule has 1 atom stereocenters. The lowest BCUT2D eigenvalue weighted by molar-refractivity contribution is -0.163. The number of hydrogen-bond acceptors (Lipinski definition) is 5. The van der Waals surface area contributed by atoms with Crippen LogP contribution in [-0.2, 0) is 23.8 Å². The van der Waals surface area contributed by atoms with E-state index in [0.717, 1.165) is 38.5 Å². The second-order valence-corrected chi connectivity index (χ2v) is 18.5. The normalized spacial score (nSPS) is 12.1. The van der Waals surface area contributed by atoms with Gasteiger partial charge in [-0.1, -0.05) is 258 Å². The molecule has 0 spiro atoms. The number of allylic oxidation sites excluding steroid dienone is 2. The molecule has 0 bridgehead atoms. The lowest BCUT2D eigenvalue weighted by Crippen LogP contribution is -2.30. The average Bonchev–Trinajstić information content (AvgIpc) is 3.25. The molecule has 0 fully saturated rings. The first kappa shape index (κ1) is 58.6. The zero-order valence-electron chi connectivity index (χ0n) is 41.0. The molecule has 0 aliphatic rings. The fourth-order valence-corrected chi connectivity index (χ4v) is 8.21. The van der Waals surface area contributed by atoms with Crippen molar-refractivity contribution in [3.63, 3.8) is 0 Å². The fourth-order valence-electron chi connectivity index (χ4n) is 8.21. The van der Waals surface area contributed by atoms with Gasteiger partial charge in [0.05, 0.1) is 6.61 Å². The molecular formula is C55H106O5. The number of esters is 2. The first-order valence-electron chi connectivity index (χ1n) is 27.2. The van der Waals surface area contributed by atoms with Gasteiger partial charge in [0.1, 0.15) is 6.61 Å². The summed E-state index contributed by atoms with van der Waals surface area (Å²) in [4.78, 5) is 25.4. The van der Waals surface area contributed by atoms with E-state index in [-0.39, 0.29) is 18.5 Å². The Bertz CT molecular complexity index is 871. The van der Waals surface area contributed by atoms with Gasteiger partial charge in [0.25, 0.3) is 0 Å². The van der Waals surface area contributed by atoms with Gasteiger partial charge in [0.2, 0.25) is 0 Å². The van der Waals surface area contributed by atoms with Gasteiger partial charge in [-0.2, -0.15) is 0 Å². The van der Waals surface area contributed by atoms with Crippen LogP contribution in [0.2, 0.25) is 0 Å². The average molecular weight is 847 g/mol. The van der Waals surface area contributed by atoms with Crippen LogP contribution in [0.3, 0.4) is 0 Å². The van der Waals surface area contributed by atoms with Crippen molar-refractivity contribution in [2.24, 2.45) is 0 Å². The SMILES string of the molecule is CCCCCCCC/C=C\CCCCCCCCOCC(COC(=O)CCCCCCCCCCCCCCCCC)OC(=O)CCCCCCCCCCCCCCC. The minimum absolute atomic E-state index is 0.0926. The minimum atomic E-state index is -0.529. The molecule has 0 radical (unpaired) electrons. The zero-order valence-corrected chi connectivity index (χ0v) is 41.0. The molecule has 0 aliphatic carbocycles. The van der Waals surface area contributed by atoms with E-state index in [0.29, 0.717) is 26.1 Å². The lowest BCUT2D eigenvalue weighted by atomic mass is 10.0. The molecule has 0 aliphatic heterocycles. The molecule has 0 saturated carbocycles. The van der Waals surface area contributed by atoms with Crippen LogP contribution < -0.4 is 0 Å². The van der Waals surface area contributed by atoms with Crippen molar-refractivity contribution < 1.29 is 23.8 Å². The molecule has 0 aromatic rings. The van der Waals surface area contributed by atoms with Crippen LogP contribution in [0.5, 0.6) is 0 Å². The predicted octanol–water partition coefficient (Wildman–Crippen LogP) is 18.2. The maximum Gasteiger partial charge on any atom is 0.306 e. The van der Waals surface area contributed by atoms with Crippen LogP contribution in [-0.4, -0.2) is 37.9 Å². The third-order valence-corrected chi connectivity index (χ3v) is 12.3. The molecule has 0 amide bonds. The Kier molecular flexibility index (Phi) is 50.8. The highest BCUT2D eigenvalue weighted by atomic mass is 16.6. The summed E-state index contributed by atoms with van der Waals surface area (Å²) in [6.45, 7) is 7.88. The Balaban J connectivity index is 4.21. The van der Waals surface area contributed by atoms with Crippen molar-refractivity contribution in [1.82, 2.24) is 0 Å². The van der Waals surface area contributed by atoms with Crippen molar-refractivity contribution >= 4 is 11.9 Å². The quantitative estimate of drug-likeness (QED) is 0.0347. The van der Waals surface area contributed by atoms with E-state index in [2.05, 4.69) is 32.9 Å². The van der Waals surface area contributed by atoms with E-state index in [1.165, 1.54) is 231 Å². The van der Waals surface area contributed by atoms with Crippen molar-refractivity contribution in [3.05, 3.63) is 12.2 Å². The van der Waals surface area contributed by atoms with Crippen LogP contribution in [0.25, 0.3) is 0 Å². The highest BCUT2D eigenvalue weighted by Crippen LogP contribution is 2.16. The summed E-state index contributed by atoms with van der Waals surface area (Å²) in [5.74, 6) is -0.377. The van der Waals surface area contributed by atoms with Gasteiger partial charge in [0, 0.05) is 19.4 Å². The van der Waals surface area contributed by atoms with Crippen LogP contribution in [0.15, 0.2) is 12.2 Å². The Morgan fingerprint density at radius 2 is 0.650 bits per heavy atom. The number of carbonyl (C=O) groups is 2. The highest BCUT2D eigenvalue weighted by Gasteiger charge is 2.17. The van der Waals surface area contributed by atoms with Crippen LogP contribution in [0.4, 0.5) is 0 Å². The molecule has 0 N–H and O–H groups in total. The molecule has 0 heterocycles. The van der Waals surface area contributed by atoms with Gasteiger partial charge in [-0.3, -0.25) is 9.59 Å². The second kappa shape index (κ2) is 52.0. The summed E-state index contributed by atoms with van der Waals surface area (Å²) in [6.07, 6.45) is 59.3. The number of ether oxygens (including phenoxy) is 3. The molecule has 356 valence electrons. The highest BCUT2D eigenvalue weighted by molar-refractivity contribution is 5.70. The monoisotopic (exact) mass is 847 g/mol. The van der Waals surface area contributed by atoms with E-state index in [1.54, 1.807) is 0 Å². The van der Waals surface area contributed by atoms with E-state index < -0.39 is 6.10 Å². The largest absolute Gasteiger partial charge is 0.462 e. The van der Waals surface area contributed by atoms with Crippen LogP contribution in [0.1, 0.15) is 303 Å². The zero-order chi connectivity index (χ0) is 43.5. The van der Waals surface area contributed by atoms with E-state index in [1.807, 2.05) is 0 Å². The third-order valence-electron chi connectivity index (χ3n) is 12.3. The van der Waals surface area contributed by atoms with Crippen molar-refractivity contribution in [3.8, 4) is 0 Å². The van der Waals surface area contributed by atoms with E-state index >= 15 is 0 Å². The molecule has 60 heavy (non-hydrogen) atoms. The molecule has 0 rings (SSSR count). The van der Waals surface area contributed by atoms with E-state index in [9.17, 15) is 9.59 Å². The van der Waals surface area contributed by atoms with Crippen molar-refractivity contribution in [2.45, 2.75) is 309 Å². The Morgan fingerprint density at radius 1 is 0.350 bits per heavy atom. The molecular weight excluding hydrogens is 741 g/mol. The third kappa shape index (κ3) is 49.3. The van der Waals surface area contributed by atoms with Crippen LogP contribution >= 0.6 is 0 Å². The predicted molar refractivity (Wildman–Crippen MR) is 261 cm³/mol. The molecule has 0 saturated heterocycles. The standard InChI is InChI=1S/C55H106O5/c1-4-7-10-13-16-19-22-25-27-29-32-35-38-41-44-47-50-58-51-53(60-55(57)49-46-43-40-37-34-30-24-21-18-15-12-9-6-3)52-59-54(56)48-45-42-39-36-33-31-28-26-23-20-17-14-11-8-5-2/h25,27,53H,4-24,26,28-52H2,1-3H3/b27-25-. The van der Waals surface area contributed by atoms with Crippen molar-refractivity contribution in [1.29, 1.82) is 0 Å². The summed E-state index contributed by atoms with van der Waals surface area (Å²) < 4.78 is 17.4. The molecule has 0 aromatic heterocycles. The molecule has 5 nitrogen and oxygen atoms in total. The Labute approximate surface area is 375 Å². The summed E-state index contributed by atoms with van der Waals surface area (Å²) in [6, 6.07) is 0. The smallest absolute Gasteiger partial charge is 0.306 e. The van der Waals surface area contributed by atoms with Gasteiger partial charge in [0.15, 0.2) is 6.10 Å². The number of unbranched alkanes of at least 4 members (excludes halogenated alkanes) is 38. The summed E-state index contributed by atoms with van der Waals surface area (Å²) in [5, 5.41) is 0. The van der Waals surface area contributed by atoms with Gasteiger partial charge in [-0.15, -0.1) is 0 Å². The molecule has 5 heteroatoms. The summed E-state index contributed by atoms with van der Waals surface area (Å²) in [5.41, 5.74) is 0. The van der Waals surface area contributed by atoms with Gasteiger partial charge < -0.3 is 14.2 Å². The maximum atomic E-state index is 12.8. The Hall–Kier alpha value is -1.36. The topological polar surface area (TPSA) is 61.8 Å². The fraction of sp³-hybridized carbons (Fsp3) is 0.927. The number of carbonyl (C=O) groups excluding carboxylic acids is 2.